The van der Waals surface area contributed by atoms with Crippen LogP contribution in [-0.2, 0) is 4.74 Å². The highest BCUT2D eigenvalue weighted by atomic mass is 35.5. The summed E-state index contributed by atoms with van der Waals surface area (Å²) in [5, 5.41) is 2.64. The zero-order valence-corrected chi connectivity index (χ0v) is 17.1. The monoisotopic (exact) mass is 425 g/mol. The largest absolute Gasteiger partial charge is 0.367 e. The van der Waals surface area contributed by atoms with Gasteiger partial charge in [0.25, 0.3) is 0 Å². The van der Waals surface area contributed by atoms with Crippen LogP contribution in [0, 0.1) is 11.6 Å². The average Bonchev–Trinajstić information content (AvgIpc) is 2.73. The van der Waals surface area contributed by atoms with E-state index in [1.165, 1.54) is 24.3 Å². The Morgan fingerprint density at radius 2 is 1.45 bits per heavy atom. The summed E-state index contributed by atoms with van der Waals surface area (Å²) in [4.78, 5) is 15.7. The molecule has 0 aromatic heterocycles. The van der Waals surface area contributed by atoms with Gasteiger partial charge in [-0.25, -0.2) is 13.6 Å². The molecule has 1 aliphatic heterocycles. The first-order valence-corrected chi connectivity index (χ1v) is 9.38. The lowest BCUT2D eigenvalue weighted by Crippen LogP contribution is -2.51. The van der Waals surface area contributed by atoms with Crippen molar-refractivity contribution in [3.8, 4) is 0 Å². The fourth-order valence-corrected chi connectivity index (χ4v) is 3.29. The van der Waals surface area contributed by atoms with Gasteiger partial charge in [0.2, 0.25) is 0 Å². The minimum atomic E-state index is -0.395. The number of urea groups is 1. The highest BCUT2D eigenvalue weighted by Gasteiger charge is 2.21. The molecule has 2 aromatic carbocycles. The highest BCUT2D eigenvalue weighted by molar-refractivity contribution is 5.85. The second-order valence-corrected chi connectivity index (χ2v) is 6.74. The molecule has 1 heterocycles. The van der Waals surface area contributed by atoms with Gasteiger partial charge in [0, 0.05) is 39.8 Å². The van der Waals surface area contributed by atoms with Crippen molar-refractivity contribution in [2.45, 2.75) is 6.10 Å². The third kappa shape index (κ3) is 6.39. The summed E-state index contributed by atoms with van der Waals surface area (Å²) < 4.78 is 32.7. The maximum absolute atomic E-state index is 13.3. The lowest BCUT2D eigenvalue weighted by Gasteiger charge is -2.34. The fraction of sp³-hybridized carbons (Fsp3) is 0.381. The number of piperazine rings is 1. The van der Waals surface area contributed by atoms with Crippen molar-refractivity contribution in [1.82, 2.24) is 15.1 Å². The second kappa shape index (κ2) is 11.1. The van der Waals surface area contributed by atoms with Gasteiger partial charge in [-0.05, 0) is 35.4 Å². The number of amides is 2. The first-order chi connectivity index (χ1) is 13.6. The number of rotatable bonds is 6. The number of carbonyl (C=O) groups excluding carboxylic acids is 1. The molecule has 0 aliphatic carbocycles. The van der Waals surface area contributed by atoms with Crippen LogP contribution in [0.15, 0.2) is 48.5 Å². The summed E-state index contributed by atoms with van der Waals surface area (Å²) in [7, 11) is 1.63. The molecule has 0 radical (unpaired) electrons. The topological polar surface area (TPSA) is 44.8 Å². The van der Waals surface area contributed by atoms with E-state index < -0.39 is 6.10 Å². The number of nitrogens with zero attached hydrogens (tertiary/aromatic N) is 2. The molecule has 1 N–H and O–H groups in total. The highest BCUT2D eigenvalue weighted by Crippen LogP contribution is 2.26. The predicted molar refractivity (Wildman–Crippen MR) is 110 cm³/mol. The number of carbonyl (C=O) groups is 1. The Kier molecular flexibility index (Phi) is 8.82. The molecule has 0 bridgehead atoms. The first kappa shape index (κ1) is 23.1. The minimum Gasteiger partial charge on any atom is -0.367 e. The SMILES string of the molecule is CNC(=O)N1CCN(CCOC(c2ccc(F)cc2)c2ccc(F)cc2)CC1.Cl. The number of ether oxygens (including phenoxy) is 1. The van der Waals surface area contributed by atoms with Gasteiger partial charge in [0.15, 0.2) is 0 Å². The Morgan fingerprint density at radius 3 is 1.90 bits per heavy atom. The summed E-state index contributed by atoms with van der Waals surface area (Å²) in [5.74, 6) is -0.619. The molecule has 1 aliphatic rings. The van der Waals surface area contributed by atoms with Crippen LogP contribution in [0.25, 0.3) is 0 Å². The van der Waals surface area contributed by atoms with Crippen LogP contribution in [-0.4, -0.2) is 62.2 Å². The Hall–Kier alpha value is -2.22. The Bertz CT molecular complexity index is 721. The molecule has 0 saturated carbocycles. The van der Waals surface area contributed by atoms with Gasteiger partial charge in [0.1, 0.15) is 17.7 Å². The van der Waals surface area contributed by atoms with E-state index >= 15 is 0 Å². The molecule has 1 saturated heterocycles. The first-order valence-electron chi connectivity index (χ1n) is 9.38. The summed E-state index contributed by atoms with van der Waals surface area (Å²) in [5.41, 5.74) is 1.63. The normalized spacial score (nSPS) is 14.6. The van der Waals surface area contributed by atoms with Crippen LogP contribution in [0.2, 0.25) is 0 Å². The van der Waals surface area contributed by atoms with Gasteiger partial charge in [-0.1, -0.05) is 24.3 Å². The molecular weight excluding hydrogens is 400 g/mol. The molecule has 2 aromatic rings. The van der Waals surface area contributed by atoms with Gasteiger partial charge >= 0.3 is 6.03 Å². The van der Waals surface area contributed by atoms with E-state index in [1.54, 1.807) is 36.2 Å². The lowest BCUT2D eigenvalue weighted by molar-refractivity contribution is 0.0492. The molecule has 0 unspecified atom stereocenters. The van der Waals surface area contributed by atoms with Crippen molar-refractivity contribution in [2.24, 2.45) is 0 Å². The maximum atomic E-state index is 13.3. The summed E-state index contributed by atoms with van der Waals surface area (Å²) in [6.45, 7) is 4.13. The number of hydrogen-bond acceptors (Lipinski definition) is 3. The molecule has 158 valence electrons. The zero-order chi connectivity index (χ0) is 19.9. The van der Waals surface area contributed by atoms with Crippen molar-refractivity contribution >= 4 is 18.4 Å². The lowest BCUT2D eigenvalue weighted by atomic mass is 10.0. The van der Waals surface area contributed by atoms with Crippen molar-refractivity contribution in [1.29, 1.82) is 0 Å². The molecule has 5 nitrogen and oxygen atoms in total. The van der Waals surface area contributed by atoms with Crippen LogP contribution in [0.3, 0.4) is 0 Å². The average molecular weight is 426 g/mol. The number of hydrogen-bond donors (Lipinski definition) is 1. The van der Waals surface area contributed by atoms with Crippen molar-refractivity contribution in [2.75, 3.05) is 46.4 Å². The third-order valence-electron chi connectivity index (χ3n) is 4.91. The van der Waals surface area contributed by atoms with Crippen LogP contribution in [0.4, 0.5) is 13.6 Å². The summed E-state index contributed by atoms with van der Waals surface area (Å²) in [6, 6.07) is 12.3. The van der Waals surface area contributed by atoms with E-state index in [0.717, 1.165) is 30.8 Å². The Balaban J connectivity index is 0.00000300. The van der Waals surface area contributed by atoms with Gasteiger partial charge in [0.05, 0.1) is 6.61 Å². The van der Waals surface area contributed by atoms with E-state index in [9.17, 15) is 13.6 Å². The van der Waals surface area contributed by atoms with Crippen LogP contribution < -0.4 is 5.32 Å². The minimum absolute atomic E-state index is 0. The smallest absolute Gasteiger partial charge is 0.317 e. The van der Waals surface area contributed by atoms with Gasteiger partial charge in [-0.2, -0.15) is 0 Å². The standard InChI is InChI=1S/C21H25F2N3O2.ClH/c1-24-21(27)26-12-10-25(11-13-26)14-15-28-20(16-2-6-18(22)7-3-16)17-4-8-19(23)9-5-17;/h2-9,20H,10-15H2,1H3,(H,24,27);1H. The number of nitrogens with one attached hydrogen (secondary N) is 1. The third-order valence-corrected chi connectivity index (χ3v) is 4.91. The molecular formula is C21H26ClF2N3O2. The van der Waals surface area contributed by atoms with Crippen LogP contribution >= 0.6 is 12.4 Å². The Labute approximate surface area is 176 Å². The quantitative estimate of drug-likeness (QED) is 0.771. The van der Waals surface area contributed by atoms with Gasteiger partial charge in [-0.15, -0.1) is 12.4 Å². The number of halogens is 3. The van der Waals surface area contributed by atoms with Gasteiger partial charge < -0.3 is 15.0 Å². The molecule has 2 amide bonds. The fourth-order valence-electron chi connectivity index (χ4n) is 3.29. The van der Waals surface area contributed by atoms with E-state index in [4.69, 9.17) is 4.74 Å². The Morgan fingerprint density at radius 1 is 0.966 bits per heavy atom. The van der Waals surface area contributed by atoms with E-state index in [2.05, 4.69) is 10.2 Å². The second-order valence-electron chi connectivity index (χ2n) is 6.74. The molecule has 0 spiro atoms. The molecule has 29 heavy (non-hydrogen) atoms. The zero-order valence-electron chi connectivity index (χ0n) is 16.3. The molecule has 1 fully saturated rings. The molecule has 0 atom stereocenters. The van der Waals surface area contributed by atoms with E-state index in [-0.39, 0.29) is 30.1 Å². The number of benzene rings is 2. The summed E-state index contributed by atoms with van der Waals surface area (Å²) in [6.07, 6.45) is -0.395. The van der Waals surface area contributed by atoms with Crippen molar-refractivity contribution in [3.63, 3.8) is 0 Å². The van der Waals surface area contributed by atoms with Gasteiger partial charge in [-0.3, -0.25) is 4.90 Å². The maximum Gasteiger partial charge on any atom is 0.317 e. The van der Waals surface area contributed by atoms with E-state index in [1.807, 2.05) is 0 Å². The summed E-state index contributed by atoms with van der Waals surface area (Å²) >= 11 is 0. The van der Waals surface area contributed by atoms with Crippen molar-refractivity contribution < 1.29 is 18.3 Å². The predicted octanol–water partition coefficient (Wildman–Crippen LogP) is 3.45. The van der Waals surface area contributed by atoms with Crippen molar-refractivity contribution in [3.05, 3.63) is 71.3 Å². The van der Waals surface area contributed by atoms with Crippen LogP contribution in [0.1, 0.15) is 17.2 Å². The van der Waals surface area contributed by atoms with Crippen LogP contribution in [0.5, 0.6) is 0 Å². The molecule has 3 rings (SSSR count). The molecule has 8 heteroatoms. The van der Waals surface area contributed by atoms with E-state index in [0.29, 0.717) is 19.7 Å².